The summed E-state index contributed by atoms with van der Waals surface area (Å²) in [5, 5.41) is 20.8. The van der Waals surface area contributed by atoms with Crippen molar-refractivity contribution in [3.05, 3.63) is 30.5 Å². The van der Waals surface area contributed by atoms with Crippen molar-refractivity contribution in [1.82, 2.24) is 9.19 Å². The van der Waals surface area contributed by atoms with Crippen molar-refractivity contribution in [2.45, 2.75) is 44.3 Å². The SMILES string of the molecule is CCCCCCC(Sn1cc2ccccc2n1)C(=O)O.NO. The fourth-order valence-corrected chi connectivity index (χ4v) is 3.04. The first-order valence-corrected chi connectivity index (χ1v) is 8.14. The van der Waals surface area contributed by atoms with E-state index in [2.05, 4.69) is 17.9 Å². The third kappa shape index (κ3) is 5.67. The van der Waals surface area contributed by atoms with Crippen molar-refractivity contribution in [2.24, 2.45) is 5.90 Å². The zero-order valence-electron chi connectivity index (χ0n) is 12.7. The van der Waals surface area contributed by atoms with Crippen molar-refractivity contribution in [2.75, 3.05) is 0 Å². The van der Waals surface area contributed by atoms with Crippen LogP contribution in [0.15, 0.2) is 30.5 Å². The van der Waals surface area contributed by atoms with Crippen LogP contribution in [0.4, 0.5) is 0 Å². The average Bonchev–Trinajstić information content (AvgIpc) is 2.94. The molecule has 1 atom stereocenters. The number of carbonyl (C=O) groups is 1. The highest BCUT2D eigenvalue weighted by Crippen LogP contribution is 2.22. The molecule has 122 valence electrons. The normalized spacial score (nSPS) is 11.8. The molecular formula is C15H23N3O3S. The standard InChI is InChI=1S/C15H20N2O2S.H3NO/c1-2-3-4-5-10-14(15(18)19)20-17-11-12-8-6-7-9-13(12)16-17;1-2/h6-9,11,14H,2-5,10H2,1H3,(H,18,19);2H,1H2. The minimum atomic E-state index is -0.758. The lowest BCUT2D eigenvalue weighted by molar-refractivity contribution is -0.136. The highest BCUT2D eigenvalue weighted by molar-refractivity contribution is 7.99. The van der Waals surface area contributed by atoms with Crippen LogP contribution >= 0.6 is 11.9 Å². The Bertz CT molecular complexity index is 541. The number of fused-ring (bicyclic) bond motifs is 1. The molecule has 0 amide bonds. The van der Waals surface area contributed by atoms with Crippen LogP contribution in [0, 0.1) is 0 Å². The van der Waals surface area contributed by atoms with E-state index in [4.69, 9.17) is 5.21 Å². The first-order chi connectivity index (χ1) is 10.7. The Morgan fingerprint density at radius 2 is 2.05 bits per heavy atom. The highest BCUT2D eigenvalue weighted by Gasteiger charge is 2.19. The lowest BCUT2D eigenvalue weighted by atomic mass is 10.1. The highest BCUT2D eigenvalue weighted by atomic mass is 32.2. The van der Waals surface area contributed by atoms with Crippen LogP contribution < -0.4 is 5.90 Å². The molecule has 2 aromatic rings. The molecule has 0 aliphatic carbocycles. The van der Waals surface area contributed by atoms with E-state index in [9.17, 15) is 9.90 Å². The van der Waals surface area contributed by atoms with E-state index in [1.807, 2.05) is 30.5 Å². The van der Waals surface area contributed by atoms with E-state index >= 15 is 0 Å². The van der Waals surface area contributed by atoms with Gasteiger partial charge >= 0.3 is 5.97 Å². The summed E-state index contributed by atoms with van der Waals surface area (Å²) in [4.78, 5) is 11.3. The van der Waals surface area contributed by atoms with Gasteiger partial charge in [-0.2, -0.15) is 5.10 Å². The van der Waals surface area contributed by atoms with Crippen molar-refractivity contribution in [1.29, 1.82) is 0 Å². The summed E-state index contributed by atoms with van der Waals surface area (Å²) in [6.45, 7) is 2.15. The lowest BCUT2D eigenvalue weighted by Gasteiger charge is -2.10. The molecule has 0 aliphatic rings. The second-order valence-electron chi connectivity index (χ2n) is 4.87. The topological polar surface area (TPSA) is 101 Å². The molecule has 0 bridgehead atoms. The van der Waals surface area contributed by atoms with Gasteiger partial charge in [-0.15, -0.1) is 0 Å². The summed E-state index contributed by atoms with van der Waals surface area (Å²) in [6, 6.07) is 7.81. The number of aromatic nitrogens is 2. The van der Waals surface area contributed by atoms with Crippen LogP contribution in [0.2, 0.25) is 0 Å². The maximum absolute atomic E-state index is 11.3. The van der Waals surface area contributed by atoms with Gasteiger partial charge in [0.25, 0.3) is 0 Å². The molecule has 2 rings (SSSR count). The molecule has 7 heteroatoms. The number of hydrogen-bond donors (Lipinski definition) is 3. The third-order valence-corrected chi connectivity index (χ3v) is 4.32. The fraction of sp³-hybridized carbons (Fsp3) is 0.467. The number of unbranched alkanes of at least 4 members (excludes halogenated alkanes) is 3. The molecule has 1 heterocycles. The third-order valence-electron chi connectivity index (χ3n) is 3.22. The van der Waals surface area contributed by atoms with Crippen LogP contribution in [-0.2, 0) is 4.79 Å². The summed E-state index contributed by atoms with van der Waals surface area (Å²) in [6.07, 6.45) is 6.97. The van der Waals surface area contributed by atoms with E-state index in [0.29, 0.717) is 6.42 Å². The summed E-state index contributed by atoms with van der Waals surface area (Å²) < 4.78 is 1.68. The smallest absolute Gasteiger partial charge is 0.318 e. The van der Waals surface area contributed by atoms with Gasteiger partial charge in [0.05, 0.1) is 5.52 Å². The van der Waals surface area contributed by atoms with Crippen LogP contribution in [0.25, 0.3) is 10.9 Å². The predicted molar refractivity (Wildman–Crippen MR) is 88.9 cm³/mol. The Labute approximate surface area is 134 Å². The molecule has 1 unspecified atom stereocenters. The van der Waals surface area contributed by atoms with Crippen LogP contribution in [0.1, 0.15) is 39.0 Å². The van der Waals surface area contributed by atoms with Crippen LogP contribution in [0.5, 0.6) is 0 Å². The van der Waals surface area contributed by atoms with E-state index in [1.165, 1.54) is 18.4 Å². The van der Waals surface area contributed by atoms with E-state index in [-0.39, 0.29) is 0 Å². The fourth-order valence-electron chi connectivity index (χ4n) is 2.10. The van der Waals surface area contributed by atoms with Gasteiger partial charge in [-0.05, 0) is 24.4 Å². The average molecular weight is 325 g/mol. The number of rotatable bonds is 8. The summed E-state index contributed by atoms with van der Waals surface area (Å²) in [5.74, 6) is 2.74. The molecular weight excluding hydrogens is 302 g/mol. The zero-order chi connectivity index (χ0) is 16.4. The molecule has 6 nitrogen and oxygen atoms in total. The molecule has 1 aromatic heterocycles. The van der Waals surface area contributed by atoms with Gasteiger partial charge in [0, 0.05) is 11.6 Å². The van der Waals surface area contributed by atoms with E-state index in [0.717, 1.165) is 30.2 Å². The Hall–Kier alpha value is -1.57. The van der Waals surface area contributed by atoms with Gasteiger partial charge in [-0.3, -0.25) is 4.79 Å². The molecule has 22 heavy (non-hydrogen) atoms. The van der Waals surface area contributed by atoms with Crippen LogP contribution in [-0.4, -0.2) is 30.7 Å². The van der Waals surface area contributed by atoms with Gasteiger partial charge in [0.2, 0.25) is 0 Å². The molecule has 0 fully saturated rings. The maximum Gasteiger partial charge on any atom is 0.318 e. The lowest BCUT2D eigenvalue weighted by Crippen LogP contribution is -2.18. The molecule has 1 aromatic carbocycles. The number of benzene rings is 1. The largest absolute Gasteiger partial charge is 0.480 e. The Morgan fingerprint density at radius 3 is 2.68 bits per heavy atom. The number of carboxylic acid groups (broad SMARTS) is 1. The molecule has 0 spiro atoms. The molecule has 4 N–H and O–H groups in total. The summed E-state index contributed by atoms with van der Waals surface area (Å²) in [7, 11) is 0. The van der Waals surface area contributed by atoms with Gasteiger partial charge in [-0.25, -0.2) is 9.98 Å². The summed E-state index contributed by atoms with van der Waals surface area (Å²) in [5.41, 5.74) is 0.898. The minimum absolute atomic E-state index is 0.429. The Morgan fingerprint density at radius 1 is 1.32 bits per heavy atom. The Kier molecular flexibility index (Phi) is 8.57. The second-order valence-corrected chi connectivity index (χ2v) is 6.03. The number of carboxylic acids is 1. The second kappa shape index (κ2) is 10.2. The monoisotopic (exact) mass is 325 g/mol. The van der Waals surface area contributed by atoms with Crippen molar-refractivity contribution < 1.29 is 15.1 Å². The first kappa shape index (κ1) is 18.5. The molecule has 0 saturated heterocycles. The van der Waals surface area contributed by atoms with Gasteiger partial charge in [0.1, 0.15) is 5.25 Å². The molecule has 0 aliphatic heterocycles. The minimum Gasteiger partial charge on any atom is -0.480 e. The van der Waals surface area contributed by atoms with Gasteiger partial charge in [-0.1, -0.05) is 50.8 Å². The Balaban J connectivity index is 0.00000116. The number of hydrogen-bond acceptors (Lipinski definition) is 5. The van der Waals surface area contributed by atoms with Crippen LogP contribution in [0.3, 0.4) is 0 Å². The maximum atomic E-state index is 11.3. The number of nitrogens with zero attached hydrogens (tertiary/aromatic N) is 2. The molecule has 0 radical (unpaired) electrons. The number of nitrogens with two attached hydrogens (primary N) is 1. The molecule has 0 saturated carbocycles. The van der Waals surface area contributed by atoms with Crippen molar-refractivity contribution in [3.63, 3.8) is 0 Å². The first-order valence-electron chi connectivity index (χ1n) is 7.31. The quantitative estimate of drug-likeness (QED) is 0.508. The van der Waals surface area contributed by atoms with Gasteiger partial charge in [0.15, 0.2) is 0 Å². The predicted octanol–water partition coefficient (Wildman–Crippen LogP) is 3.29. The number of aliphatic carboxylic acids is 1. The van der Waals surface area contributed by atoms with Gasteiger partial charge < -0.3 is 10.3 Å². The summed E-state index contributed by atoms with van der Waals surface area (Å²) >= 11 is 1.29. The van der Waals surface area contributed by atoms with Crippen molar-refractivity contribution in [3.8, 4) is 0 Å². The van der Waals surface area contributed by atoms with E-state index < -0.39 is 11.2 Å². The van der Waals surface area contributed by atoms with Crippen molar-refractivity contribution >= 4 is 28.8 Å². The zero-order valence-corrected chi connectivity index (χ0v) is 13.5. The van der Waals surface area contributed by atoms with E-state index in [1.54, 1.807) is 4.09 Å².